The van der Waals surface area contributed by atoms with E-state index in [1.165, 1.54) is 25.3 Å². The first-order valence-corrected chi connectivity index (χ1v) is 6.82. The minimum Gasteiger partial charge on any atom is -0.469 e. The summed E-state index contributed by atoms with van der Waals surface area (Å²) >= 11 is 0. The average molecular weight is 291 g/mol. The lowest BCUT2D eigenvalue weighted by Crippen LogP contribution is -2.28. The van der Waals surface area contributed by atoms with Crippen LogP contribution in [0.3, 0.4) is 0 Å². The summed E-state index contributed by atoms with van der Waals surface area (Å²) < 4.78 is 18.2. The highest BCUT2D eigenvalue weighted by Crippen LogP contribution is 2.24. The fraction of sp³-hybridized carbons (Fsp3) is 0.375. The van der Waals surface area contributed by atoms with Crippen LogP contribution in [0.25, 0.3) is 6.08 Å². The second kappa shape index (κ2) is 6.52. The topological polar surface area (TPSA) is 46.6 Å². The Morgan fingerprint density at radius 3 is 2.71 bits per heavy atom. The molecule has 0 aliphatic carbocycles. The smallest absolute Gasteiger partial charge is 0.310 e. The normalized spacial score (nSPS) is 21.8. The lowest BCUT2D eigenvalue weighted by molar-refractivity contribution is -0.146. The lowest BCUT2D eigenvalue weighted by Gasteiger charge is -2.13. The fourth-order valence-electron chi connectivity index (χ4n) is 2.48. The standard InChI is InChI=1S/C16H18FNO3/c1-11-9-18(10-13(11)16(20)21-2)15(19)8-7-12-5-3-4-6-14(12)17/h3-8,11,13H,9-10H2,1-2H3/b8-7+. The van der Waals surface area contributed by atoms with Gasteiger partial charge in [-0.15, -0.1) is 0 Å². The zero-order valence-corrected chi connectivity index (χ0v) is 12.1. The summed E-state index contributed by atoms with van der Waals surface area (Å²) in [6.45, 7) is 2.75. The molecule has 0 radical (unpaired) electrons. The Morgan fingerprint density at radius 1 is 1.33 bits per heavy atom. The number of methoxy groups -OCH3 is 1. The van der Waals surface area contributed by atoms with E-state index in [0.717, 1.165) is 0 Å². The Kier molecular flexibility index (Phi) is 4.73. The lowest BCUT2D eigenvalue weighted by atomic mass is 9.99. The molecule has 1 aromatic carbocycles. The molecule has 0 spiro atoms. The van der Waals surface area contributed by atoms with Gasteiger partial charge in [-0.2, -0.15) is 0 Å². The van der Waals surface area contributed by atoms with Gasteiger partial charge in [0, 0.05) is 24.7 Å². The van der Waals surface area contributed by atoms with Crippen LogP contribution in [-0.4, -0.2) is 37.0 Å². The maximum Gasteiger partial charge on any atom is 0.310 e. The molecular formula is C16H18FNO3. The van der Waals surface area contributed by atoms with E-state index in [-0.39, 0.29) is 29.5 Å². The fourth-order valence-corrected chi connectivity index (χ4v) is 2.48. The van der Waals surface area contributed by atoms with Crippen molar-refractivity contribution in [3.05, 3.63) is 41.7 Å². The van der Waals surface area contributed by atoms with Gasteiger partial charge >= 0.3 is 5.97 Å². The van der Waals surface area contributed by atoms with E-state index >= 15 is 0 Å². The monoisotopic (exact) mass is 291 g/mol. The molecular weight excluding hydrogens is 273 g/mol. The van der Waals surface area contributed by atoms with Gasteiger partial charge < -0.3 is 9.64 Å². The van der Waals surface area contributed by atoms with Crippen LogP contribution in [0.5, 0.6) is 0 Å². The third kappa shape index (κ3) is 3.48. The zero-order chi connectivity index (χ0) is 15.4. The van der Waals surface area contributed by atoms with E-state index < -0.39 is 0 Å². The van der Waals surface area contributed by atoms with Gasteiger partial charge in [-0.05, 0) is 18.1 Å². The quantitative estimate of drug-likeness (QED) is 0.633. The SMILES string of the molecule is COC(=O)C1CN(C(=O)/C=C/c2ccccc2F)CC1C. The van der Waals surface area contributed by atoms with E-state index in [2.05, 4.69) is 0 Å². The van der Waals surface area contributed by atoms with Gasteiger partial charge in [0.15, 0.2) is 0 Å². The number of amides is 1. The number of carbonyl (C=O) groups excluding carboxylic acids is 2. The molecule has 1 fully saturated rings. The van der Waals surface area contributed by atoms with Crippen LogP contribution in [-0.2, 0) is 14.3 Å². The summed E-state index contributed by atoms with van der Waals surface area (Å²) in [5, 5.41) is 0. The molecule has 2 rings (SSSR count). The second-order valence-corrected chi connectivity index (χ2v) is 5.21. The van der Waals surface area contributed by atoms with Crippen LogP contribution in [0.1, 0.15) is 12.5 Å². The van der Waals surface area contributed by atoms with Crippen molar-refractivity contribution in [2.45, 2.75) is 6.92 Å². The molecule has 2 unspecified atom stereocenters. The number of carbonyl (C=O) groups is 2. The average Bonchev–Trinajstić information content (AvgIpc) is 2.87. The number of rotatable bonds is 3. The van der Waals surface area contributed by atoms with Gasteiger partial charge in [0.2, 0.25) is 5.91 Å². The van der Waals surface area contributed by atoms with Gasteiger partial charge in [0.1, 0.15) is 5.82 Å². The minimum atomic E-state index is -0.372. The largest absolute Gasteiger partial charge is 0.469 e. The molecule has 1 saturated heterocycles. The number of likely N-dealkylation sites (tertiary alicyclic amines) is 1. The number of hydrogen-bond donors (Lipinski definition) is 0. The van der Waals surface area contributed by atoms with Crippen molar-refractivity contribution >= 4 is 18.0 Å². The molecule has 1 aromatic rings. The van der Waals surface area contributed by atoms with Crippen LogP contribution >= 0.6 is 0 Å². The molecule has 5 heteroatoms. The van der Waals surface area contributed by atoms with Crippen LogP contribution in [0.15, 0.2) is 30.3 Å². The van der Waals surface area contributed by atoms with E-state index in [4.69, 9.17) is 4.74 Å². The van der Waals surface area contributed by atoms with Crippen LogP contribution < -0.4 is 0 Å². The molecule has 0 bridgehead atoms. The van der Waals surface area contributed by atoms with Crippen LogP contribution in [0.2, 0.25) is 0 Å². The molecule has 0 N–H and O–H groups in total. The molecule has 0 aromatic heterocycles. The minimum absolute atomic E-state index is 0.0586. The van der Waals surface area contributed by atoms with Crippen molar-refractivity contribution in [2.24, 2.45) is 11.8 Å². The van der Waals surface area contributed by atoms with E-state index in [0.29, 0.717) is 18.7 Å². The predicted molar refractivity (Wildman–Crippen MR) is 76.7 cm³/mol. The van der Waals surface area contributed by atoms with Crippen molar-refractivity contribution in [3.8, 4) is 0 Å². The molecule has 1 aliphatic heterocycles. The maximum absolute atomic E-state index is 13.5. The van der Waals surface area contributed by atoms with Crippen LogP contribution in [0, 0.1) is 17.7 Å². The van der Waals surface area contributed by atoms with Gasteiger partial charge in [0.05, 0.1) is 13.0 Å². The van der Waals surface area contributed by atoms with Crippen LogP contribution in [0.4, 0.5) is 4.39 Å². The second-order valence-electron chi connectivity index (χ2n) is 5.21. The van der Waals surface area contributed by atoms with Gasteiger partial charge in [-0.3, -0.25) is 9.59 Å². The Hall–Kier alpha value is -2.17. The molecule has 4 nitrogen and oxygen atoms in total. The summed E-state index contributed by atoms with van der Waals surface area (Å²) in [5.41, 5.74) is 0.364. The first-order chi connectivity index (χ1) is 10.0. The highest BCUT2D eigenvalue weighted by Gasteiger charge is 2.36. The highest BCUT2D eigenvalue weighted by atomic mass is 19.1. The Labute approximate surface area is 123 Å². The molecule has 21 heavy (non-hydrogen) atoms. The Bertz CT molecular complexity index is 570. The van der Waals surface area contributed by atoms with Crippen molar-refractivity contribution in [3.63, 3.8) is 0 Å². The molecule has 1 amide bonds. The third-order valence-corrected chi connectivity index (χ3v) is 3.74. The van der Waals surface area contributed by atoms with Gasteiger partial charge in [-0.25, -0.2) is 4.39 Å². The number of benzene rings is 1. The number of nitrogens with zero attached hydrogens (tertiary/aromatic N) is 1. The van der Waals surface area contributed by atoms with Crippen molar-refractivity contribution in [2.75, 3.05) is 20.2 Å². The third-order valence-electron chi connectivity index (χ3n) is 3.74. The summed E-state index contributed by atoms with van der Waals surface area (Å²) in [4.78, 5) is 25.3. The molecule has 2 atom stereocenters. The van der Waals surface area contributed by atoms with Gasteiger partial charge in [-0.1, -0.05) is 25.1 Å². The zero-order valence-electron chi connectivity index (χ0n) is 12.1. The van der Waals surface area contributed by atoms with E-state index in [1.54, 1.807) is 23.1 Å². The summed E-state index contributed by atoms with van der Waals surface area (Å²) in [6.07, 6.45) is 2.79. The number of hydrogen-bond acceptors (Lipinski definition) is 3. The summed E-state index contributed by atoms with van der Waals surface area (Å²) in [5.74, 6) is -1.12. The van der Waals surface area contributed by atoms with Crippen molar-refractivity contribution < 1.29 is 18.7 Å². The maximum atomic E-state index is 13.5. The number of ether oxygens (including phenoxy) is 1. The van der Waals surface area contributed by atoms with Gasteiger partial charge in [0.25, 0.3) is 0 Å². The number of halogens is 1. The van der Waals surface area contributed by atoms with E-state index in [9.17, 15) is 14.0 Å². The summed E-state index contributed by atoms with van der Waals surface area (Å²) in [7, 11) is 1.34. The van der Waals surface area contributed by atoms with Crippen molar-refractivity contribution in [1.82, 2.24) is 4.90 Å². The first-order valence-electron chi connectivity index (χ1n) is 6.82. The highest BCUT2D eigenvalue weighted by molar-refractivity contribution is 5.92. The number of esters is 1. The Balaban J connectivity index is 2.02. The predicted octanol–water partition coefficient (Wildman–Crippen LogP) is 2.11. The molecule has 1 heterocycles. The Morgan fingerprint density at radius 2 is 2.05 bits per heavy atom. The molecule has 0 saturated carbocycles. The van der Waals surface area contributed by atoms with E-state index in [1.807, 2.05) is 6.92 Å². The molecule has 1 aliphatic rings. The summed E-state index contributed by atoms with van der Waals surface area (Å²) in [6, 6.07) is 6.24. The first kappa shape index (κ1) is 15.2. The van der Waals surface area contributed by atoms with Crippen molar-refractivity contribution in [1.29, 1.82) is 0 Å². The molecule has 112 valence electrons.